The van der Waals surface area contributed by atoms with Crippen LogP contribution in [0.4, 0.5) is 0 Å². The van der Waals surface area contributed by atoms with Crippen LogP contribution >= 0.6 is 0 Å². The first kappa shape index (κ1) is 16.2. The summed E-state index contributed by atoms with van der Waals surface area (Å²) in [5.41, 5.74) is 3.52. The zero-order valence-corrected chi connectivity index (χ0v) is 14.0. The molecule has 0 aliphatic heterocycles. The third-order valence-electron chi connectivity index (χ3n) is 3.59. The SMILES string of the molecule is Cc1noc(C)c1S(=O)(=O)NNC(=O)c1oc2ccccc2c1C. The summed E-state index contributed by atoms with van der Waals surface area (Å²) >= 11 is 0. The van der Waals surface area contributed by atoms with Crippen LogP contribution in [0.5, 0.6) is 0 Å². The molecule has 0 radical (unpaired) electrons. The van der Waals surface area contributed by atoms with Crippen LogP contribution in [0.25, 0.3) is 11.0 Å². The summed E-state index contributed by atoms with van der Waals surface area (Å²) in [6.07, 6.45) is 0. The molecule has 3 aromatic rings. The van der Waals surface area contributed by atoms with Crippen molar-refractivity contribution in [3.8, 4) is 0 Å². The second-order valence-corrected chi connectivity index (χ2v) is 6.88. The Morgan fingerprint density at radius 3 is 2.50 bits per heavy atom. The number of carbonyl (C=O) groups excluding carboxylic acids is 1. The number of para-hydroxylation sites is 1. The van der Waals surface area contributed by atoms with Gasteiger partial charge in [-0.3, -0.25) is 10.2 Å². The molecule has 1 amide bonds. The Hall–Kier alpha value is -2.65. The zero-order valence-electron chi connectivity index (χ0n) is 13.2. The number of hydrogen-bond donors (Lipinski definition) is 2. The normalized spacial score (nSPS) is 11.8. The summed E-state index contributed by atoms with van der Waals surface area (Å²) in [5.74, 6) is -0.522. The molecule has 0 unspecified atom stereocenters. The molecule has 2 aromatic heterocycles. The van der Waals surface area contributed by atoms with E-state index in [4.69, 9.17) is 8.94 Å². The van der Waals surface area contributed by atoms with Crippen molar-refractivity contribution < 1.29 is 22.2 Å². The summed E-state index contributed by atoms with van der Waals surface area (Å²) in [6.45, 7) is 4.69. The fourth-order valence-electron chi connectivity index (χ4n) is 2.47. The van der Waals surface area contributed by atoms with Crippen molar-refractivity contribution in [3.63, 3.8) is 0 Å². The molecule has 0 aliphatic rings. The van der Waals surface area contributed by atoms with Gasteiger partial charge >= 0.3 is 5.91 Å². The number of carbonyl (C=O) groups is 1. The minimum absolute atomic E-state index is 0.0395. The highest BCUT2D eigenvalue weighted by Gasteiger charge is 2.26. The van der Waals surface area contributed by atoms with Gasteiger partial charge in [0.1, 0.15) is 16.2 Å². The summed E-state index contributed by atoms with van der Waals surface area (Å²) in [5, 5.41) is 4.37. The van der Waals surface area contributed by atoms with E-state index in [1.807, 2.05) is 17.0 Å². The van der Waals surface area contributed by atoms with Crippen LogP contribution in [-0.4, -0.2) is 19.5 Å². The van der Waals surface area contributed by atoms with E-state index < -0.39 is 15.9 Å². The van der Waals surface area contributed by atoms with Crippen molar-refractivity contribution >= 4 is 26.9 Å². The van der Waals surface area contributed by atoms with Crippen molar-refractivity contribution in [1.82, 2.24) is 15.4 Å². The van der Waals surface area contributed by atoms with E-state index in [0.29, 0.717) is 11.1 Å². The number of nitrogens with zero attached hydrogens (tertiary/aromatic N) is 1. The van der Waals surface area contributed by atoms with Crippen LogP contribution < -0.4 is 10.3 Å². The van der Waals surface area contributed by atoms with Gasteiger partial charge in [-0.05, 0) is 26.8 Å². The molecule has 0 bridgehead atoms. The fourth-order valence-corrected chi connectivity index (χ4v) is 3.64. The number of sulfonamides is 1. The molecule has 0 spiro atoms. The van der Waals surface area contributed by atoms with Crippen LogP contribution in [0.1, 0.15) is 27.6 Å². The standard InChI is InChI=1S/C15H15N3O5S/c1-8-11-6-4-5-7-12(11)22-13(8)15(19)16-18-24(20,21)14-9(2)17-23-10(14)3/h4-7,18H,1-3H3,(H,16,19). The van der Waals surface area contributed by atoms with Crippen LogP contribution in [0.2, 0.25) is 0 Å². The highest BCUT2D eigenvalue weighted by atomic mass is 32.2. The summed E-state index contributed by atoms with van der Waals surface area (Å²) in [6, 6.07) is 7.16. The molecule has 0 atom stereocenters. The molecule has 0 saturated carbocycles. The van der Waals surface area contributed by atoms with E-state index in [0.717, 1.165) is 5.39 Å². The lowest BCUT2D eigenvalue weighted by atomic mass is 10.1. The Morgan fingerprint density at radius 2 is 1.88 bits per heavy atom. The average molecular weight is 349 g/mol. The van der Waals surface area contributed by atoms with E-state index in [1.54, 1.807) is 19.1 Å². The lowest BCUT2D eigenvalue weighted by Gasteiger charge is -2.07. The van der Waals surface area contributed by atoms with Gasteiger partial charge in [-0.1, -0.05) is 23.4 Å². The van der Waals surface area contributed by atoms with Crippen molar-refractivity contribution in [3.05, 3.63) is 47.0 Å². The molecule has 0 aliphatic carbocycles. The summed E-state index contributed by atoms with van der Waals surface area (Å²) < 4.78 is 34.9. The van der Waals surface area contributed by atoms with Crippen molar-refractivity contribution in [2.75, 3.05) is 0 Å². The molecule has 24 heavy (non-hydrogen) atoms. The minimum Gasteiger partial charge on any atom is -0.451 e. The molecular weight excluding hydrogens is 334 g/mol. The second-order valence-electron chi connectivity index (χ2n) is 5.27. The number of rotatable bonds is 4. The van der Waals surface area contributed by atoms with Gasteiger partial charge in [0, 0.05) is 10.9 Å². The first-order valence-corrected chi connectivity index (χ1v) is 8.52. The van der Waals surface area contributed by atoms with Crippen LogP contribution in [0, 0.1) is 20.8 Å². The second kappa shape index (κ2) is 5.77. The maximum absolute atomic E-state index is 12.3. The van der Waals surface area contributed by atoms with Crippen molar-refractivity contribution in [2.24, 2.45) is 0 Å². The highest BCUT2D eigenvalue weighted by molar-refractivity contribution is 7.89. The Bertz CT molecular complexity index is 1010. The Balaban J connectivity index is 1.84. The maximum atomic E-state index is 12.3. The third kappa shape index (κ3) is 2.68. The number of benzene rings is 1. The molecule has 1 aromatic carbocycles. The van der Waals surface area contributed by atoms with E-state index in [2.05, 4.69) is 10.6 Å². The number of aromatic nitrogens is 1. The maximum Gasteiger partial charge on any atom is 0.302 e. The van der Waals surface area contributed by atoms with E-state index >= 15 is 0 Å². The van der Waals surface area contributed by atoms with Gasteiger partial charge in [0.25, 0.3) is 10.0 Å². The topological polar surface area (TPSA) is 114 Å². The van der Waals surface area contributed by atoms with Gasteiger partial charge in [0.05, 0.1) is 0 Å². The lowest BCUT2D eigenvalue weighted by Crippen LogP contribution is -2.41. The quantitative estimate of drug-likeness (QED) is 0.696. The Labute approximate surface area is 137 Å². The molecular formula is C15H15N3O5S. The fraction of sp³-hybridized carbons (Fsp3) is 0.200. The molecule has 2 N–H and O–H groups in total. The lowest BCUT2D eigenvalue weighted by molar-refractivity contribution is 0.0918. The molecule has 3 rings (SSSR count). The van der Waals surface area contributed by atoms with Gasteiger partial charge in [0.15, 0.2) is 11.5 Å². The predicted molar refractivity (Wildman–Crippen MR) is 84.7 cm³/mol. The van der Waals surface area contributed by atoms with Crippen LogP contribution in [-0.2, 0) is 10.0 Å². The average Bonchev–Trinajstić information content (AvgIpc) is 3.06. The van der Waals surface area contributed by atoms with Crippen molar-refractivity contribution in [2.45, 2.75) is 25.7 Å². The molecule has 9 heteroatoms. The van der Waals surface area contributed by atoms with Crippen molar-refractivity contribution in [1.29, 1.82) is 0 Å². The molecule has 8 nitrogen and oxygen atoms in total. The Morgan fingerprint density at radius 1 is 1.17 bits per heavy atom. The number of furan rings is 1. The Kier molecular flexibility index (Phi) is 3.90. The monoisotopic (exact) mass is 349 g/mol. The smallest absolute Gasteiger partial charge is 0.302 e. The van der Waals surface area contributed by atoms with Gasteiger partial charge < -0.3 is 8.94 Å². The van der Waals surface area contributed by atoms with Crippen LogP contribution in [0.15, 0.2) is 38.1 Å². The van der Waals surface area contributed by atoms with E-state index in [1.165, 1.54) is 13.8 Å². The van der Waals surface area contributed by atoms with Gasteiger partial charge in [-0.25, -0.2) is 8.42 Å². The van der Waals surface area contributed by atoms with Gasteiger partial charge in [-0.15, -0.1) is 4.83 Å². The first-order chi connectivity index (χ1) is 11.3. The highest BCUT2D eigenvalue weighted by Crippen LogP contribution is 2.24. The summed E-state index contributed by atoms with van der Waals surface area (Å²) in [4.78, 5) is 14.2. The van der Waals surface area contributed by atoms with E-state index in [-0.39, 0.29) is 22.1 Å². The molecule has 126 valence electrons. The van der Waals surface area contributed by atoms with E-state index in [9.17, 15) is 13.2 Å². The first-order valence-electron chi connectivity index (χ1n) is 7.04. The number of amides is 1. The predicted octanol–water partition coefficient (Wildman–Crippen LogP) is 1.97. The molecule has 0 saturated heterocycles. The third-order valence-corrected chi connectivity index (χ3v) is 5.08. The molecule has 0 fully saturated rings. The number of aryl methyl sites for hydroxylation is 3. The number of fused-ring (bicyclic) bond motifs is 1. The summed E-state index contributed by atoms with van der Waals surface area (Å²) in [7, 11) is -4.00. The number of hydrazine groups is 1. The number of hydrogen-bond acceptors (Lipinski definition) is 6. The van der Waals surface area contributed by atoms with Gasteiger partial charge in [-0.2, -0.15) is 0 Å². The van der Waals surface area contributed by atoms with Gasteiger partial charge in [0.2, 0.25) is 0 Å². The zero-order chi connectivity index (χ0) is 17.5. The minimum atomic E-state index is -4.00. The number of nitrogens with one attached hydrogen (secondary N) is 2. The largest absolute Gasteiger partial charge is 0.451 e. The molecule has 2 heterocycles. The van der Waals surface area contributed by atoms with Crippen LogP contribution in [0.3, 0.4) is 0 Å².